The number of halogens is 1. The van der Waals surface area contributed by atoms with E-state index in [1.54, 1.807) is 24.3 Å². The normalized spacial score (nSPS) is 15.4. The summed E-state index contributed by atoms with van der Waals surface area (Å²) < 4.78 is 64.2. The Morgan fingerprint density at radius 3 is 1.89 bits per heavy atom. The number of likely N-dealkylation sites (N-methyl/N-ethyl adjacent to an activating group) is 1. The van der Waals surface area contributed by atoms with E-state index in [0.717, 1.165) is 85.8 Å². The minimum atomic E-state index is -0.680. The summed E-state index contributed by atoms with van der Waals surface area (Å²) in [5.41, 5.74) is 12.4. The van der Waals surface area contributed by atoms with Gasteiger partial charge in [-0.25, -0.2) is 19.4 Å². The summed E-state index contributed by atoms with van der Waals surface area (Å²) in [7, 11) is 1.99. The number of fused-ring (bicyclic) bond motifs is 2. The molecule has 4 aromatic carbocycles. The van der Waals surface area contributed by atoms with E-state index in [4.69, 9.17) is 74.5 Å². The number of amides is 6. The molecule has 5 heterocycles. The van der Waals surface area contributed by atoms with Gasteiger partial charge in [-0.05, 0) is 123 Å². The smallest absolute Gasteiger partial charge is 0.319 e. The summed E-state index contributed by atoms with van der Waals surface area (Å²) in [6, 6.07) is 27.2. The Kier molecular flexibility index (Phi) is 34.9. The number of anilines is 2. The highest BCUT2D eigenvalue weighted by Crippen LogP contribution is 2.36. The minimum Gasteiger partial charge on any atom is -0.457 e. The van der Waals surface area contributed by atoms with Gasteiger partial charge in [0.15, 0.2) is 5.65 Å². The molecule has 5 N–H and O–H groups in total. The van der Waals surface area contributed by atoms with E-state index in [-0.39, 0.29) is 49.3 Å². The SMILES string of the molecule is CN(C/C=C/C(=O)N1CCC[C@@H](n2nc(-c3ccc(Oc4ccccc4)cc3)c3c(N)ncnc32)C1)CCOCCOCCOCCOCCOCCOCCOCCOCCOCCOCCCCCCCCc1cc(Cl)cc(NC(=O)NCc2ccc3c(c2)CN(C2CCC(=O)NC2=O)C3=O)c1. The highest BCUT2D eigenvalue weighted by Gasteiger charge is 2.39. The van der Waals surface area contributed by atoms with Gasteiger partial charge in [0.2, 0.25) is 17.7 Å². The van der Waals surface area contributed by atoms with Crippen LogP contribution in [0.1, 0.15) is 97.3 Å². The van der Waals surface area contributed by atoms with Crippen LogP contribution in [0.15, 0.2) is 109 Å². The molecule has 6 aromatic rings. The number of nitrogen functional groups attached to an aromatic ring is 1. The van der Waals surface area contributed by atoms with Crippen LogP contribution < -0.4 is 26.4 Å². The van der Waals surface area contributed by atoms with E-state index >= 15 is 0 Å². The lowest BCUT2D eigenvalue weighted by molar-refractivity contribution is -0.137. The molecule has 1 unspecified atom stereocenters. The number of carbonyl (C=O) groups excluding carboxylic acids is 5. The molecule has 564 valence electrons. The Labute approximate surface area is 613 Å². The lowest BCUT2D eigenvalue weighted by Gasteiger charge is -2.32. The lowest BCUT2D eigenvalue weighted by atomic mass is 10.0. The summed E-state index contributed by atoms with van der Waals surface area (Å²) in [4.78, 5) is 77.6. The first-order valence-electron chi connectivity index (χ1n) is 36.3. The molecular weight excluding hydrogens is 1360 g/mol. The predicted octanol–water partition coefficient (Wildman–Crippen LogP) is 9.00. The molecule has 27 nitrogen and oxygen atoms in total. The number of urea groups is 1. The van der Waals surface area contributed by atoms with Gasteiger partial charge in [0.25, 0.3) is 5.91 Å². The zero-order chi connectivity index (χ0) is 72.8. The molecule has 6 amide bonds. The average Bonchev–Trinajstić information content (AvgIpc) is 1.60. The van der Waals surface area contributed by atoms with Crippen molar-refractivity contribution in [2.24, 2.45) is 0 Å². The first-order chi connectivity index (χ1) is 50.9. The number of piperidine rings is 2. The molecule has 0 radical (unpaired) electrons. The molecule has 0 aliphatic carbocycles. The molecule has 2 atom stereocenters. The van der Waals surface area contributed by atoms with Gasteiger partial charge < -0.3 is 83.2 Å². The molecule has 0 saturated carbocycles. The Morgan fingerprint density at radius 1 is 0.663 bits per heavy atom. The van der Waals surface area contributed by atoms with Crippen LogP contribution in [-0.2, 0) is 81.3 Å². The summed E-state index contributed by atoms with van der Waals surface area (Å²) in [6.07, 6.45) is 14.5. The number of imide groups is 1. The van der Waals surface area contributed by atoms with Gasteiger partial charge in [-0.15, -0.1) is 0 Å². The van der Waals surface area contributed by atoms with Crippen LogP contribution in [0.4, 0.5) is 16.3 Å². The fourth-order valence-electron chi connectivity index (χ4n) is 12.1. The largest absolute Gasteiger partial charge is 0.457 e. The Bertz CT molecular complexity index is 3630. The van der Waals surface area contributed by atoms with Crippen LogP contribution in [-0.4, -0.2) is 236 Å². The van der Waals surface area contributed by atoms with Crippen molar-refractivity contribution < 1.29 is 76.1 Å². The van der Waals surface area contributed by atoms with Gasteiger partial charge in [-0.3, -0.25) is 24.5 Å². The number of aromatic nitrogens is 4. The number of nitrogens with two attached hydrogens (primary N) is 1. The number of nitrogens with one attached hydrogen (secondary N) is 3. The second-order valence-corrected chi connectivity index (χ2v) is 25.9. The molecule has 2 aromatic heterocycles. The second kappa shape index (κ2) is 45.4. The third kappa shape index (κ3) is 27.5. The summed E-state index contributed by atoms with van der Waals surface area (Å²) in [5, 5.41) is 14.3. The number of benzene rings is 4. The van der Waals surface area contributed by atoms with E-state index in [1.165, 1.54) is 11.2 Å². The quantitative estimate of drug-likeness (QED) is 0.0157. The molecule has 3 aliphatic rings. The van der Waals surface area contributed by atoms with Crippen molar-refractivity contribution in [2.45, 2.75) is 95.8 Å². The first kappa shape index (κ1) is 80.1. The van der Waals surface area contributed by atoms with Gasteiger partial charge in [-0.1, -0.05) is 73.7 Å². The van der Waals surface area contributed by atoms with E-state index in [0.29, 0.717) is 209 Å². The predicted molar refractivity (Wildman–Crippen MR) is 393 cm³/mol. The number of nitrogens with zero attached hydrogens (tertiary/aromatic N) is 7. The van der Waals surface area contributed by atoms with Gasteiger partial charge in [0, 0.05) is 80.2 Å². The van der Waals surface area contributed by atoms with Crippen molar-refractivity contribution >= 4 is 63.8 Å². The third-order valence-electron chi connectivity index (χ3n) is 17.6. The lowest BCUT2D eigenvalue weighted by Crippen LogP contribution is -2.52. The molecule has 28 heteroatoms. The molecule has 2 fully saturated rings. The monoisotopic (exact) mass is 1460 g/mol. The summed E-state index contributed by atoms with van der Waals surface area (Å²) in [5.74, 6) is 0.757. The van der Waals surface area contributed by atoms with Crippen molar-refractivity contribution in [1.82, 2.24) is 45.1 Å². The molecule has 0 spiro atoms. The number of carbonyl (C=O) groups is 5. The van der Waals surface area contributed by atoms with Gasteiger partial charge >= 0.3 is 6.03 Å². The topological polar surface area (TPSA) is 302 Å². The molecular formula is C76H102ClN11O16. The van der Waals surface area contributed by atoms with Crippen LogP contribution in [0.2, 0.25) is 5.02 Å². The number of likely N-dealkylation sites (tertiary alicyclic amines) is 1. The van der Waals surface area contributed by atoms with Crippen molar-refractivity contribution in [3.63, 3.8) is 0 Å². The van der Waals surface area contributed by atoms with E-state index < -0.39 is 11.9 Å². The van der Waals surface area contributed by atoms with Crippen LogP contribution in [0.3, 0.4) is 0 Å². The van der Waals surface area contributed by atoms with Crippen molar-refractivity contribution in [1.29, 1.82) is 0 Å². The molecule has 9 rings (SSSR count). The fourth-order valence-corrected chi connectivity index (χ4v) is 12.4. The zero-order valence-electron chi connectivity index (χ0n) is 59.8. The Hall–Kier alpha value is -8.03. The highest BCUT2D eigenvalue weighted by molar-refractivity contribution is 6.31. The summed E-state index contributed by atoms with van der Waals surface area (Å²) >= 11 is 6.43. The van der Waals surface area contributed by atoms with Crippen molar-refractivity contribution in [3.05, 3.63) is 137 Å². The number of para-hydroxylation sites is 1. The maximum absolute atomic E-state index is 13.4. The van der Waals surface area contributed by atoms with Crippen LogP contribution in [0.25, 0.3) is 22.3 Å². The number of unbranched alkanes of at least 4 members (excludes halogenated alkanes) is 5. The van der Waals surface area contributed by atoms with E-state index in [1.807, 2.05) is 95.5 Å². The maximum Gasteiger partial charge on any atom is 0.319 e. The maximum atomic E-state index is 13.4. The van der Waals surface area contributed by atoms with E-state index in [9.17, 15) is 24.0 Å². The van der Waals surface area contributed by atoms with Gasteiger partial charge in [-0.2, -0.15) is 5.10 Å². The summed E-state index contributed by atoms with van der Waals surface area (Å²) in [6.45, 7) is 12.9. The van der Waals surface area contributed by atoms with Crippen LogP contribution in [0, 0.1) is 0 Å². The third-order valence-corrected chi connectivity index (χ3v) is 17.8. The van der Waals surface area contributed by atoms with Crippen LogP contribution in [0.5, 0.6) is 11.5 Å². The number of hydrogen-bond acceptors (Lipinski definition) is 21. The molecule has 3 aliphatic heterocycles. The fraction of sp³-hybridized carbons (Fsp3) is 0.526. The second-order valence-electron chi connectivity index (χ2n) is 25.5. The minimum absolute atomic E-state index is 0.0369. The standard InChI is InChI=1S/C76H102ClN11O16/c1-85(26-12-17-69(90)86-27-11-14-63(55-86)88-73-70(72(78)80-56-81-73)71(84-88)59-19-21-65(22-20-59)104-64-15-8-6-9-16-64)28-30-95-32-34-97-36-38-99-40-42-101-44-46-103-48-47-102-45-43-100-41-39-98-37-35-96-33-31-94-29-10-5-3-2-4-7-13-57-50-61(77)52-62(51-57)82-76(93)79-53-58-18-23-66-60(49-58)54-87(75(66)92)67-24-25-68(89)83-74(67)91/h6,8-9,12,15-23,49-52,56,63,67H,2-5,7,10-11,13-14,24-48,53-55H2,1H3,(H2,78,80,81)(H2,79,82,93)(H,83,89,91)/b17-12+/t63-,67?/m1/s1. The zero-order valence-corrected chi connectivity index (χ0v) is 60.6. The number of hydrogen-bond donors (Lipinski definition) is 4. The Balaban J connectivity index is 0.466. The van der Waals surface area contributed by atoms with Gasteiger partial charge in [0.1, 0.15) is 35.4 Å². The first-order valence-corrected chi connectivity index (χ1v) is 36.7. The molecule has 104 heavy (non-hydrogen) atoms. The number of rotatable bonds is 50. The number of ether oxygens (including phenoxy) is 11. The van der Waals surface area contributed by atoms with E-state index in [2.05, 4.69) is 30.8 Å². The average molecular weight is 1460 g/mol. The molecule has 2 saturated heterocycles. The molecule has 0 bridgehead atoms. The highest BCUT2D eigenvalue weighted by atomic mass is 35.5. The van der Waals surface area contributed by atoms with Gasteiger partial charge in [0.05, 0.1) is 137 Å². The number of aryl methyl sites for hydroxylation is 1. The van der Waals surface area contributed by atoms with Crippen molar-refractivity contribution in [2.75, 3.05) is 176 Å². The van der Waals surface area contributed by atoms with Crippen LogP contribution >= 0.6 is 11.6 Å². The van der Waals surface area contributed by atoms with Crippen molar-refractivity contribution in [3.8, 4) is 22.8 Å². The Morgan fingerprint density at radius 2 is 1.26 bits per heavy atom.